The Bertz CT molecular complexity index is 1340. The predicted molar refractivity (Wildman–Crippen MR) is 139 cm³/mol. The molecule has 7 heteroatoms. The van der Waals surface area contributed by atoms with Crippen LogP contribution in [0.15, 0.2) is 91.1 Å². The van der Waals surface area contributed by atoms with Gasteiger partial charge in [0.25, 0.3) is 5.91 Å². The summed E-state index contributed by atoms with van der Waals surface area (Å²) in [4.78, 5) is 26.2. The number of likely N-dealkylation sites (N-methyl/N-ethyl adjacent to an activating group) is 1. The molecule has 0 saturated heterocycles. The molecule has 0 saturated carbocycles. The zero-order valence-electron chi connectivity index (χ0n) is 19.5. The fraction of sp³-hybridized carbons (Fsp3) is 0.107. The maximum atomic E-state index is 12.8. The standard InChI is InChI=1S/C28H25ClN4O2/c1-30-28(35)22-11-8-20(9-12-22)10-17-26(34)32(2)18-23-19-33(25-6-4-3-5-7-25)31-27(23)21-13-15-24(29)16-14-21/h3-17,19H,18H2,1-2H3,(H,30,35)/b17-10+. The fourth-order valence-electron chi connectivity index (χ4n) is 3.61. The molecule has 1 aromatic heterocycles. The van der Waals surface area contributed by atoms with Crippen molar-refractivity contribution in [2.45, 2.75) is 6.54 Å². The maximum Gasteiger partial charge on any atom is 0.251 e. The lowest BCUT2D eigenvalue weighted by molar-refractivity contribution is -0.125. The summed E-state index contributed by atoms with van der Waals surface area (Å²) in [6, 6.07) is 24.4. The van der Waals surface area contributed by atoms with Crippen LogP contribution in [-0.2, 0) is 11.3 Å². The van der Waals surface area contributed by atoms with Crippen LogP contribution < -0.4 is 5.32 Å². The Morgan fingerprint density at radius 3 is 2.34 bits per heavy atom. The lowest BCUT2D eigenvalue weighted by Gasteiger charge is -2.15. The molecule has 1 heterocycles. The number of rotatable bonds is 7. The van der Waals surface area contributed by atoms with Gasteiger partial charge in [0, 0.05) is 54.6 Å². The number of amides is 2. The predicted octanol–water partition coefficient (Wildman–Crippen LogP) is 5.22. The molecule has 0 aliphatic heterocycles. The third kappa shape index (κ3) is 5.86. The Balaban J connectivity index is 1.54. The summed E-state index contributed by atoms with van der Waals surface area (Å²) in [6.07, 6.45) is 5.21. The van der Waals surface area contributed by atoms with E-state index >= 15 is 0 Å². The molecule has 35 heavy (non-hydrogen) atoms. The van der Waals surface area contributed by atoms with Gasteiger partial charge in [-0.05, 0) is 48.0 Å². The van der Waals surface area contributed by atoms with Crippen molar-refractivity contribution in [3.8, 4) is 16.9 Å². The first kappa shape index (κ1) is 24.0. The Morgan fingerprint density at radius 1 is 1.00 bits per heavy atom. The average Bonchev–Trinajstić information content (AvgIpc) is 3.31. The van der Waals surface area contributed by atoms with Gasteiger partial charge in [0.1, 0.15) is 0 Å². The second-order valence-corrected chi connectivity index (χ2v) is 8.46. The van der Waals surface area contributed by atoms with Gasteiger partial charge in [-0.25, -0.2) is 4.68 Å². The van der Waals surface area contributed by atoms with E-state index in [4.69, 9.17) is 16.7 Å². The fourth-order valence-corrected chi connectivity index (χ4v) is 3.73. The molecule has 0 radical (unpaired) electrons. The van der Waals surface area contributed by atoms with Gasteiger partial charge in [-0.15, -0.1) is 0 Å². The van der Waals surface area contributed by atoms with Crippen molar-refractivity contribution in [3.63, 3.8) is 0 Å². The van der Waals surface area contributed by atoms with Crippen molar-refractivity contribution in [2.75, 3.05) is 14.1 Å². The number of hydrogen-bond donors (Lipinski definition) is 1. The highest BCUT2D eigenvalue weighted by Crippen LogP contribution is 2.26. The van der Waals surface area contributed by atoms with Crippen LogP contribution in [0.4, 0.5) is 0 Å². The van der Waals surface area contributed by atoms with Crippen LogP contribution in [0.5, 0.6) is 0 Å². The Morgan fingerprint density at radius 2 is 1.69 bits per heavy atom. The number of benzene rings is 3. The van der Waals surface area contributed by atoms with Crippen LogP contribution in [0.2, 0.25) is 5.02 Å². The van der Waals surface area contributed by atoms with E-state index in [1.807, 2.05) is 65.5 Å². The summed E-state index contributed by atoms with van der Waals surface area (Å²) in [7, 11) is 3.35. The second-order valence-electron chi connectivity index (χ2n) is 8.02. The lowest BCUT2D eigenvalue weighted by Crippen LogP contribution is -2.24. The quantitative estimate of drug-likeness (QED) is 0.365. The van der Waals surface area contributed by atoms with Crippen LogP contribution in [-0.4, -0.2) is 40.6 Å². The smallest absolute Gasteiger partial charge is 0.251 e. The summed E-state index contributed by atoms with van der Waals surface area (Å²) < 4.78 is 1.82. The van der Waals surface area contributed by atoms with Crippen molar-refractivity contribution in [3.05, 3.63) is 113 Å². The molecule has 0 aliphatic carbocycles. The van der Waals surface area contributed by atoms with E-state index in [0.717, 1.165) is 28.1 Å². The number of carbonyl (C=O) groups excluding carboxylic acids is 2. The first-order chi connectivity index (χ1) is 16.9. The molecular formula is C28H25ClN4O2. The topological polar surface area (TPSA) is 67.2 Å². The number of para-hydroxylation sites is 1. The van der Waals surface area contributed by atoms with Crippen molar-refractivity contribution in [2.24, 2.45) is 0 Å². The number of aromatic nitrogens is 2. The molecule has 4 aromatic rings. The molecule has 0 fully saturated rings. The van der Waals surface area contributed by atoms with Gasteiger partial charge >= 0.3 is 0 Å². The largest absolute Gasteiger partial charge is 0.355 e. The van der Waals surface area contributed by atoms with Gasteiger partial charge in [0.15, 0.2) is 0 Å². The summed E-state index contributed by atoms with van der Waals surface area (Å²) in [5.41, 5.74) is 4.96. The Hall–Kier alpha value is -4.16. The second kappa shape index (κ2) is 10.8. The molecule has 176 valence electrons. The third-order valence-electron chi connectivity index (χ3n) is 5.53. The minimum Gasteiger partial charge on any atom is -0.355 e. The Kier molecular flexibility index (Phi) is 7.43. The molecule has 3 aromatic carbocycles. The van der Waals surface area contributed by atoms with Gasteiger partial charge in [-0.2, -0.15) is 5.10 Å². The summed E-state index contributed by atoms with van der Waals surface area (Å²) in [6.45, 7) is 0.379. The molecule has 0 atom stereocenters. The molecule has 0 unspecified atom stereocenters. The lowest BCUT2D eigenvalue weighted by atomic mass is 10.1. The Labute approximate surface area is 209 Å². The van der Waals surface area contributed by atoms with E-state index in [-0.39, 0.29) is 11.8 Å². The summed E-state index contributed by atoms with van der Waals surface area (Å²) in [5.74, 6) is -0.293. The summed E-state index contributed by atoms with van der Waals surface area (Å²) >= 11 is 6.08. The molecule has 4 rings (SSSR count). The van der Waals surface area contributed by atoms with Crippen LogP contribution in [0.1, 0.15) is 21.5 Å². The third-order valence-corrected chi connectivity index (χ3v) is 5.78. The van der Waals surface area contributed by atoms with Crippen molar-refractivity contribution < 1.29 is 9.59 Å². The highest BCUT2D eigenvalue weighted by atomic mass is 35.5. The van der Waals surface area contributed by atoms with Crippen molar-refractivity contribution >= 4 is 29.5 Å². The number of nitrogens with zero attached hydrogens (tertiary/aromatic N) is 3. The SMILES string of the molecule is CNC(=O)c1ccc(/C=C/C(=O)N(C)Cc2cn(-c3ccccc3)nc2-c2ccc(Cl)cc2)cc1. The van der Waals surface area contributed by atoms with Crippen LogP contribution in [0, 0.1) is 0 Å². The van der Waals surface area contributed by atoms with Crippen LogP contribution in [0.3, 0.4) is 0 Å². The normalized spacial score (nSPS) is 10.9. The highest BCUT2D eigenvalue weighted by molar-refractivity contribution is 6.30. The van der Waals surface area contributed by atoms with E-state index in [2.05, 4.69) is 5.32 Å². The zero-order chi connectivity index (χ0) is 24.8. The van der Waals surface area contributed by atoms with Gasteiger partial charge in [-0.1, -0.05) is 54.1 Å². The van der Waals surface area contributed by atoms with E-state index in [1.54, 1.807) is 49.3 Å². The van der Waals surface area contributed by atoms with Crippen LogP contribution in [0.25, 0.3) is 23.0 Å². The minimum absolute atomic E-state index is 0.144. The molecule has 2 amide bonds. The molecule has 0 spiro atoms. The number of hydrogen-bond acceptors (Lipinski definition) is 3. The zero-order valence-corrected chi connectivity index (χ0v) is 20.2. The number of halogens is 1. The first-order valence-electron chi connectivity index (χ1n) is 11.1. The highest BCUT2D eigenvalue weighted by Gasteiger charge is 2.16. The summed E-state index contributed by atoms with van der Waals surface area (Å²) in [5, 5.41) is 8.04. The van der Waals surface area contributed by atoms with Gasteiger partial charge < -0.3 is 10.2 Å². The monoisotopic (exact) mass is 484 g/mol. The van der Waals surface area contributed by atoms with E-state index in [9.17, 15) is 9.59 Å². The molecule has 0 aliphatic rings. The van der Waals surface area contributed by atoms with E-state index < -0.39 is 0 Å². The van der Waals surface area contributed by atoms with Crippen molar-refractivity contribution in [1.29, 1.82) is 0 Å². The van der Waals surface area contributed by atoms with Crippen molar-refractivity contribution in [1.82, 2.24) is 20.0 Å². The number of carbonyl (C=O) groups is 2. The van der Waals surface area contributed by atoms with Gasteiger partial charge in [-0.3, -0.25) is 9.59 Å². The number of nitrogens with one attached hydrogen (secondary N) is 1. The first-order valence-corrected chi connectivity index (χ1v) is 11.5. The van der Waals surface area contributed by atoms with Crippen LogP contribution >= 0.6 is 11.6 Å². The van der Waals surface area contributed by atoms with E-state index in [1.165, 1.54) is 6.08 Å². The minimum atomic E-state index is -0.149. The maximum absolute atomic E-state index is 12.8. The van der Waals surface area contributed by atoms with E-state index in [0.29, 0.717) is 17.1 Å². The average molecular weight is 485 g/mol. The molecule has 0 bridgehead atoms. The molecular weight excluding hydrogens is 460 g/mol. The van der Waals surface area contributed by atoms with Gasteiger partial charge in [0.05, 0.1) is 11.4 Å². The molecule has 1 N–H and O–H groups in total. The van der Waals surface area contributed by atoms with Gasteiger partial charge in [0.2, 0.25) is 5.91 Å². The molecule has 6 nitrogen and oxygen atoms in total.